The van der Waals surface area contributed by atoms with Gasteiger partial charge >= 0.3 is 6.18 Å². The van der Waals surface area contributed by atoms with Gasteiger partial charge in [-0.15, -0.1) is 0 Å². The summed E-state index contributed by atoms with van der Waals surface area (Å²) in [4.78, 5) is 3.45. The van der Waals surface area contributed by atoms with Gasteiger partial charge in [0, 0.05) is 0 Å². The van der Waals surface area contributed by atoms with Crippen molar-refractivity contribution in [2.45, 2.75) is 13.1 Å². The molecule has 2 N–H and O–H groups in total. The molecule has 0 aliphatic heterocycles. The fourth-order valence-corrected chi connectivity index (χ4v) is 0.965. The third kappa shape index (κ3) is 2.93. The summed E-state index contributed by atoms with van der Waals surface area (Å²) in [6.07, 6.45) is -4.51. The number of amidine groups is 1. The van der Waals surface area contributed by atoms with E-state index in [0.29, 0.717) is 18.2 Å². The molecule has 0 aliphatic carbocycles. The molecule has 0 atom stereocenters. The third-order valence-electron chi connectivity index (χ3n) is 1.57. The van der Waals surface area contributed by atoms with Gasteiger partial charge in [0.2, 0.25) is 0 Å². The zero-order chi connectivity index (χ0) is 11.6. The van der Waals surface area contributed by atoms with Crippen molar-refractivity contribution in [3.63, 3.8) is 0 Å². The number of nitrogens with two attached hydrogens (primary N) is 1. The van der Waals surface area contributed by atoms with E-state index < -0.39 is 23.2 Å². The predicted molar refractivity (Wildman–Crippen MR) is 48.4 cm³/mol. The molecule has 0 aromatic heterocycles. The van der Waals surface area contributed by atoms with E-state index in [0.717, 1.165) is 0 Å². The van der Waals surface area contributed by atoms with Crippen LogP contribution in [0.3, 0.4) is 0 Å². The molecule has 82 valence electrons. The monoisotopic (exact) mass is 220 g/mol. The highest BCUT2D eigenvalue weighted by molar-refractivity contribution is 5.80. The van der Waals surface area contributed by atoms with E-state index in [-0.39, 0.29) is 5.84 Å². The SMILES string of the molecule is CC(N)=Nc1cc(C(F)(F)F)ccc1F. The predicted octanol–water partition coefficient (Wildman–Crippen LogP) is 2.85. The highest BCUT2D eigenvalue weighted by atomic mass is 19.4. The van der Waals surface area contributed by atoms with Crippen LogP contribution in [-0.4, -0.2) is 5.84 Å². The van der Waals surface area contributed by atoms with E-state index in [1.165, 1.54) is 6.92 Å². The maximum atomic E-state index is 13.0. The maximum absolute atomic E-state index is 13.0. The summed E-state index contributed by atoms with van der Waals surface area (Å²) in [5, 5.41) is 0. The maximum Gasteiger partial charge on any atom is 0.416 e. The average Bonchev–Trinajstić information content (AvgIpc) is 2.06. The molecule has 0 amide bonds. The van der Waals surface area contributed by atoms with Gasteiger partial charge in [-0.2, -0.15) is 13.2 Å². The van der Waals surface area contributed by atoms with Gasteiger partial charge in [-0.1, -0.05) is 0 Å². The zero-order valence-corrected chi connectivity index (χ0v) is 7.77. The quantitative estimate of drug-likeness (QED) is 0.441. The summed E-state index contributed by atoms with van der Waals surface area (Å²) in [6, 6.07) is 1.98. The van der Waals surface area contributed by atoms with E-state index in [2.05, 4.69) is 4.99 Å². The Bertz CT molecular complexity index is 392. The van der Waals surface area contributed by atoms with Crippen molar-refractivity contribution in [1.29, 1.82) is 0 Å². The molecule has 0 bridgehead atoms. The summed E-state index contributed by atoms with van der Waals surface area (Å²) in [5.74, 6) is -0.846. The fourth-order valence-electron chi connectivity index (χ4n) is 0.965. The molecule has 0 radical (unpaired) electrons. The third-order valence-corrected chi connectivity index (χ3v) is 1.57. The average molecular weight is 220 g/mol. The molecule has 1 aromatic rings. The van der Waals surface area contributed by atoms with Crippen LogP contribution in [-0.2, 0) is 6.18 Å². The number of rotatable bonds is 1. The van der Waals surface area contributed by atoms with Crippen LogP contribution in [0.1, 0.15) is 12.5 Å². The first kappa shape index (κ1) is 11.5. The number of nitrogens with zero attached hydrogens (tertiary/aromatic N) is 1. The zero-order valence-electron chi connectivity index (χ0n) is 7.77. The molecule has 0 heterocycles. The normalized spacial score (nSPS) is 13.0. The first-order valence-corrected chi connectivity index (χ1v) is 3.98. The molecule has 0 aliphatic rings. The van der Waals surface area contributed by atoms with E-state index in [4.69, 9.17) is 5.73 Å². The van der Waals surface area contributed by atoms with E-state index in [1.807, 2.05) is 0 Å². The van der Waals surface area contributed by atoms with Gasteiger partial charge in [0.25, 0.3) is 0 Å². The molecule has 0 saturated carbocycles. The lowest BCUT2D eigenvalue weighted by molar-refractivity contribution is -0.137. The lowest BCUT2D eigenvalue weighted by atomic mass is 10.2. The minimum absolute atomic E-state index is 0.00627. The molecule has 1 aromatic carbocycles. The molecule has 0 fully saturated rings. The first-order valence-electron chi connectivity index (χ1n) is 3.98. The Morgan fingerprint density at radius 2 is 1.93 bits per heavy atom. The molecule has 0 unspecified atom stereocenters. The number of benzene rings is 1. The fraction of sp³-hybridized carbons (Fsp3) is 0.222. The number of hydrogen-bond donors (Lipinski definition) is 1. The Kier molecular flexibility index (Phi) is 2.97. The number of halogens is 4. The molecule has 0 spiro atoms. The lowest BCUT2D eigenvalue weighted by Gasteiger charge is -2.07. The van der Waals surface area contributed by atoms with Crippen molar-refractivity contribution in [3.8, 4) is 0 Å². The van der Waals surface area contributed by atoms with Gasteiger partial charge in [-0.25, -0.2) is 9.38 Å². The summed E-state index contributed by atoms with van der Waals surface area (Å²) in [7, 11) is 0. The van der Waals surface area contributed by atoms with Crippen LogP contribution in [0.25, 0.3) is 0 Å². The summed E-state index contributed by atoms with van der Waals surface area (Å²) >= 11 is 0. The van der Waals surface area contributed by atoms with Crippen LogP contribution in [0.15, 0.2) is 23.2 Å². The minimum Gasteiger partial charge on any atom is -0.387 e. The summed E-state index contributed by atoms with van der Waals surface area (Å²) in [6.45, 7) is 1.36. The van der Waals surface area contributed by atoms with Crippen LogP contribution in [0, 0.1) is 5.82 Å². The van der Waals surface area contributed by atoms with Gasteiger partial charge in [0.05, 0.1) is 11.4 Å². The summed E-state index contributed by atoms with van der Waals surface area (Å²) in [5.41, 5.74) is 3.79. The van der Waals surface area contributed by atoms with E-state index >= 15 is 0 Å². The van der Waals surface area contributed by atoms with Gasteiger partial charge in [0.1, 0.15) is 11.5 Å². The molecule has 15 heavy (non-hydrogen) atoms. The molecule has 0 saturated heterocycles. The summed E-state index contributed by atoms with van der Waals surface area (Å²) < 4.78 is 49.7. The Morgan fingerprint density at radius 1 is 1.33 bits per heavy atom. The van der Waals surface area contributed by atoms with Gasteiger partial charge in [-0.05, 0) is 25.1 Å². The van der Waals surface area contributed by atoms with E-state index in [9.17, 15) is 17.6 Å². The first-order chi connectivity index (χ1) is 6.80. The van der Waals surface area contributed by atoms with Crippen LogP contribution in [0.2, 0.25) is 0 Å². The van der Waals surface area contributed by atoms with Crippen molar-refractivity contribution in [2.24, 2.45) is 10.7 Å². The smallest absolute Gasteiger partial charge is 0.387 e. The molecular formula is C9H8F4N2. The second-order valence-electron chi connectivity index (χ2n) is 2.92. The molecule has 6 heteroatoms. The van der Waals surface area contributed by atoms with Crippen molar-refractivity contribution >= 4 is 11.5 Å². The van der Waals surface area contributed by atoms with Crippen molar-refractivity contribution in [2.75, 3.05) is 0 Å². The Labute approximate surface area is 83.4 Å². The van der Waals surface area contributed by atoms with Crippen molar-refractivity contribution in [3.05, 3.63) is 29.6 Å². The second kappa shape index (κ2) is 3.88. The van der Waals surface area contributed by atoms with Crippen LogP contribution in [0.4, 0.5) is 23.2 Å². The highest BCUT2D eigenvalue weighted by Crippen LogP contribution is 2.32. The minimum atomic E-state index is -4.51. The highest BCUT2D eigenvalue weighted by Gasteiger charge is 2.31. The Balaban J connectivity index is 3.23. The number of hydrogen-bond acceptors (Lipinski definition) is 1. The number of alkyl halides is 3. The second-order valence-corrected chi connectivity index (χ2v) is 2.92. The van der Waals surface area contributed by atoms with E-state index in [1.54, 1.807) is 0 Å². The lowest BCUT2D eigenvalue weighted by Crippen LogP contribution is -2.06. The van der Waals surface area contributed by atoms with Gasteiger partial charge < -0.3 is 5.73 Å². The van der Waals surface area contributed by atoms with Crippen molar-refractivity contribution < 1.29 is 17.6 Å². The Hall–Kier alpha value is -1.59. The molecule has 1 rings (SSSR count). The Morgan fingerprint density at radius 3 is 2.40 bits per heavy atom. The molecule has 2 nitrogen and oxygen atoms in total. The van der Waals surface area contributed by atoms with Crippen LogP contribution in [0.5, 0.6) is 0 Å². The number of aliphatic imine (C=N–C) groups is 1. The topological polar surface area (TPSA) is 38.4 Å². The van der Waals surface area contributed by atoms with Gasteiger partial charge in [-0.3, -0.25) is 0 Å². The van der Waals surface area contributed by atoms with Crippen molar-refractivity contribution in [1.82, 2.24) is 0 Å². The largest absolute Gasteiger partial charge is 0.416 e. The van der Waals surface area contributed by atoms with Gasteiger partial charge in [0.15, 0.2) is 0 Å². The molecular weight excluding hydrogens is 212 g/mol. The standard InChI is InChI=1S/C9H8F4N2/c1-5(14)15-8-4-6(9(11,12)13)2-3-7(8)10/h2-4H,1H3,(H2,14,15). The van der Waals surface area contributed by atoms with Crippen LogP contribution >= 0.6 is 0 Å². The van der Waals surface area contributed by atoms with Crippen LogP contribution < -0.4 is 5.73 Å².